The maximum Gasteiger partial charge on any atom is 0.325 e. The minimum atomic E-state index is -1.01. The van der Waals surface area contributed by atoms with Gasteiger partial charge in [0.2, 0.25) is 0 Å². The monoisotopic (exact) mass is 278 g/mol. The average molecular weight is 278 g/mol. The van der Waals surface area contributed by atoms with Crippen molar-refractivity contribution in [2.75, 3.05) is 26.3 Å². The second-order valence-corrected chi connectivity index (χ2v) is 4.08. The Labute approximate surface area is 114 Å². The number of azide groups is 1. The normalized spacial score (nSPS) is 14.2. The van der Waals surface area contributed by atoms with Crippen molar-refractivity contribution in [2.24, 2.45) is 5.11 Å². The summed E-state index contributed by atoms with van der Waals surface area (Å²) in [5.41, 5.74) is 8.73. The van der Waals surface area contributed by atoms with Crippen LogP contribution in [0.5, 0.6) is 11.5 Å². The van der Waals surface area contributed by atoms with Crippen LogP contribution in [0.4, 0.5) is 0 Å². The third kappa shape index (κ3) is 3.31. The molecule has 0 aromatic heterocycles. The number of aliphatic carboxylic acids is 1. The van der Waals surface area contributed by atoms with Gasteiger partial charge in [0.15, 0.2) is 11.5 Å². The number of hydrogen-bond donors (Lipinski definition) is 2. The van der Waals surface area contributed by atoms with Gasteiger partial charge >= 0.3 is 5.97 Å². The van der Waals surface area contributed by atoms with Crippen LogP contribution in [-0.4, -0.2) is 37.4 Å². The van der Waals surface area contributed by atoms with Gasteiger partial charge in [0.1, 0.15) is 19.3 Å². The van der Waals surface area contributed by atoms with Gasteiger partial charge in [-0.15, -0.1) is 0 Å². The summed E-state index contributed by atoms with van der Waals surface area (Å²) in [6.45, 7) is 1.39. The zero-order valence-electron chi connectivity index (χ0n) is 10.7. The van der Waals surface area contributed by atoms with Gasteiger partial charge in [0.05, 0.1) is 0 Å². The molecule has 1 unspecified atom stereocenters. The third-order valence-corrected chi connectivity index (χ3v) is 2.77. The van der Waals surface area contributed by atoms with Crippen LogP contribution in [0, 0.1) is 0 Å². The molecule has 1 atom stereocenters. The van der Waals surface area contributed by atoms with E-state index in [2.05, 4.69) is 15.3 Å². The van der Waals surface area contributed by atoms with Gasteiger partial charge in [0.25, 0.3) is 0 Å². The molecule has 0 saturated carbocycles. The number of carbonyl (C=O) groups is 1. The Morgan fingerprint density at radius 3 is 2.90 bits per heavy atom. The van der Waals surface area contributed by atoms with Crippen LogP contribution >= 0.6 is 0 Å². The van der Waals surface area contributed by atoms with Crippen LogP contribution in [0.15, 0.2) is 23.3 Å². The first-order valence-electron chi connectivity index (χ1n) is 6.09. The van der Waals surface area contributed by atoms with E-state index in [0.717, 1.165) is 0 Å². The molecule has 1 aliphatic heterocycles. The largest absolute Gasteiger partial charge is 0.486 e. The Kier molecular flexibility index (Phi) is 4.65. The molecule has 1 aliphatic rings. The highest BCUT2D eigenvalue weighted by Crippen LogP contribution is 2.32. The average Bonchev–Trinajstić information content (AvgIpc) is 2.46. The molecular formula is C12H14N4O4. The molecule has 106 valence electrons. The van der Waals surface area contributed by atoms with Crippen LogP contribution < -0.4 is 14.8 Å². The van der Waals surface area contributed by atoms with Crippen LogP contribution in [0.25, 0.3) is 10.4 Å². The van der Waals surface area contributed by atoms with Crippen molar-refractivity contribution in [2.45, 2.75) is 6.04 Å². The summed E-state index contributed by atoms with van der Waals surface area (Å²) >= 11 is 0. The summed E-state index contributed by atoms with van der Waals surface area (Å²) < 4.78 is 10.8. The lowest BCUT2D eigenvalue weighted by molar-refractivity contribution is -0.139. The van der Waals surface area contributed by atoms with E-state index in [9.17, 15) is 9.90 Å². The molecule has 0 saturated heterocycles. The highest BCUT2D eigenvalue weighted by atomic mass is 16.6. The van der Waals surface area contributed by atoms with Gasteiger partial charge < -0.3 is 19.9 Å². The molecule has 1 aromatic rings. The molecule has 8 heteroatoms. The molecule has 0 radical (unpaired) electrons. The second-order valence-electron chi connectivity index (χ2n) is 4.08. The first kappa shape index (κ1) is 14.0. The molecule has 0 spiro atoms. The van der Waals surface area contributed by atoms with Gasteiger partial charge in [-0.2, -0.15) is 0 Å². The lowest BCUT2D eigenvalue weighted by Crippen LogP contribution is -2.30. The Morgan fingerprint density at radius 2 is 2.20 bits per heavy atom. The number of fused-ring (bicyclic) bond motifs is 1. The molecule has 20 heavy (non-hydrogen) atoms. The van der Waals surface area contributed by atoms with E-state index in [4.69, 9.17) is 15.0 Å². The smallest absolute Gasteiger partial charge is 0.325 e. The van der Waals surface area contributed by atoms with E-state index in [0.29, 0.717) is 30.3 Å². The number of carboxylic acid groups (broad SMARTS) is 1. The number of hydrogen-bond acceptors (Lipinski definition) is 5. The maximum absolute atomic E-state index is 11.3. The number of nitrogens with zero attached hydrogens (tertiary/aromatic N) is 3. The SMILES string of the molecule is [N-]=[N+]=NCCNC(C(=O)O)c1ccc2c(c1)OCCO2. The molecule has 8 nitrogen and oxygen atoms in total. The van der Waals surface area contributed by atoms with Crippen molar-refractivity contribution in [3.05, 3.63) is 34.2 Å². The molecule has 0 fully saturated rings. The third-order valence-electron chi connectivity index (χ3n) is 2.77. The van der Waals surface area contributed by atoms with Gasteiger partial charge in [0, 0.05) is 18.0 Å². The van der Waals surface area contributed by atoms with Crippen molar-refractivity contribution in [3.63, 3.8) is 0 Å². The summed E-state index contributed by atoms with van der Waals surface area (Å²) in [6, 6.07) is 4.12. The summed E-state index contributed by atoms with van der Waals surface area (Å²) in [6.07, 6.45) is 0. The lowest BCUT2D eigenvalue weighted by Gasteiger charge is -2.21. The number of ether oxygens (including phenoxy) is 2. The molecule has 1 heterocycles. The van der Waals surface area contributed by atoms with Crippen LogP contribution in [0.1, 0.15) is 11.6 Å². The van der Waals surface area contributed by atoms with Crippen LogP contribution in [-0.2, 0) is 4.79 Å². The van der Waals surface area contributed by atoms with Crippen LogP contribution in [0.2, 0.25) is 0 Å². The molecular weight excluding hydrogens is 264 g/mol. The molecule has 0 amide bonds. The fourth-order valence-electron chi connectivity index (χ4n) is 1.89. The predicted molar refractivity (Wildman–Crippen MR) is 69.8 cm³/mol. The summed E-state index contributed by atoms with van der Waals surface area (Å²) in [5, 5.41) is 15.4. The Balaban J connectivity index is 2.12. The second kappa shape index (κ2) is 6.65. The van der Waals surface area contributed by atoms with E-state index >= 15 is 0 Å². The van der Waals surface area contributed by atoms with Crippen molar-refractivity contribution >= 4 is 5.97 Å². The fraction of sp³-hybridized carbons (Fsp3) is 0.417. The van der Waals surface area contributed by atoms with Crippen molar-refractivity contribution < 1.29 is 19.4 Å². The Bertz CT molecular complexity index is 542. The molecule has 2 rings (SSSR count). The van der Waals surface area contributed by atoms with Crippen molar-refractivity contribution in [1.29, 1.82) is 0 Å². The summed E-state index contributed by atoms with van der Waals surface area (Å²) in [5.74, 6) is 0.137. The van der Waals surface area contributed by atoms with Gasteiger partial charge in [-0.05, 0) is 23.2 Å². The van der Waals surface area contributed by atoms with Crippen molar-refractivity contribution in [3.8, 4) is 11.5 Å². The minimum absolute atomic E-state index is 0.185. The lowest BCUT2D eigenvalue weighted by atomic mass is 10.1. The quantitative estimate of drug-likeness (QED) is 0.354. The van der Waals surface area contributed by atoms with E-state index in [1.54, 1.807) is 18.2 Å². The van der Waals surface area contributed by atoms with E-state index in [-0.39, 0.29) is 13.1 Å². The first-order valence-corrected chi connectivity index (χ1v) is 6.09. The number of nitrogens with one attached hydrogen (secondary N) is 1. The van der Waals surface area contributed by atoms with Crippen molar-refractivity contribution in [1.82, 2.24) is 5.32 Å². The Hall–Kier alpha value is -2.44. The standard InChI is InChI=1S/C12H14N4O4/c13-16-15-4-3-14-11(12(17)18)8-1-2-9-10(7-8)20-6-5-19-9/h1-2,7,11,14H,3-6H2,(H,17,18). The number of carboxylic acids is 1. The fourth-order valence-corrected chi connectivity index (χ4v) is 1.89. The highest BCUT2D eigenvalue weighted by Gasteiger charge is 2.21. The van der Waals surface area contributed by atoms with Gasteiger partial charge in [-0.1, -0.05) is 11.2 Å². The highest BCUT2D eigenvalue weighted by molar-refractivity contribution is 5.76. The Morgan fingerprint density at radius 1 is 1.45 bits per heavy atom. The number of rotatable bonds is 6. The molecule has 0 bridgehead atoms. The summed E-state index contributed by atoms with van der Waals surface area (Å²) in [4.78, 5) is 13.9. The van der Waals surface area contributed by atoms with Crippen LogP contribution in [0.3, 0.4) is 0 Å². The van der Waals surface area contributed by atoms with E-state index in [1.807, 2.05) is 0 Å². The summed E-state index contributed by atoms with van der Waals surface area (Å²) in [7, 11) is 0. The van der Waals surface area contributed by atoms with Gasteiger partial charge in [-0.3, -0.25) is 4.79 Å². The zero-order valence-corrected chi connectivity index (χ0v) is 10.7. The van der Waals surface area contributed by atoms with Gasteiger partial charge in [-0.25, -0.2) is 0 Å². The molecule has 1 aromatic carbocycles. The maximum atomic E-state index is 11.3. The van der Waals surface area contributed by atoms with E-state index in [1.165, 1.54) is 0 Å². The molecule has 0 aliphatic carbocycles. The number of benzene rings is 1. The van der Waals surface area contributed by atoms with E-state index < -0.39 is 12.0 Å². The predicted octanol–water partition coefficient (Wildman–Crippen LogP) is 1.48. The molecule has 2 N–H and O–H groups in total. The topological polar surface area (TPSA) is 117 Å². The zero-order chi connectivity index (χ0) is 14.4. The minimum Gasteiger partial charge on any atom is -0.486 e. The first-order chi connectivity index (χ1) is 9.72.